The van der Waals surface area contributed by atoms with Gasteiger partial charge < -0.3 is 15.4 Å². The van der Waals surface area contributed by atoms with Crippen LogP contribution in [0, 0.1) is 0 Å². The van der Waals surface area contributed by atoms with Gasteiger partial charge in [-0.1, -0.05) is 0 Å². The van der Waals surface area contributed by atoms with Crippen LogP contribution in [-0.2, 0) is 10.9 Å². The summed E-state index contributed by atoms with van der Waals surface area (Å²) in [5.74, 6) is -0.409. The standard InChI is InChI=1S/C17H16F3N7O2/c18-17(19,20)12-1-5-21-16(24-12)26-13-2-6-27-14(25-13)11(9-22-27)15(28)23-10-3-7-29-8-4-10/h1-2,5-6,9-10H,3-4,7-8H2,(H,23,28)(H,21,24,25,26). The molecule has 1 amide bonds. The molecule has 1 aliphatic rings. The maximum Gasteiger partial charge on any atom is 0.433 e. The molecule has 4 heterocycles. The summed E-state index contributed by atoms with van der Waals surface area (Å²) in [6, 6.07) is 2.27. The van der Waals surface area contributed by atoms with E-state index >= 15 is 0 Å². The zero-order valence-corrected chi connectivity index (χ0v) is 15.0. The summed E-state index contributed by atoms with van der Waals surface area (Å²) in [5, 5.41) is 9.64. The Labute approximate surface area is 162 Å². The van der Waals surface area contributed by atoms with E-state index in [1.165, 1.54) is 23.0 Å². The van der Waals surface area contributed by atoms with Gasteiger partial charge in [-0.2, -0.15) is 18.3 Å². The fraction of sp³-hybridized carbons (Fsp3) is 0.353. The number of fused-ring (bicyclic) bond motifs is 1. The molecule has 1 aliphatic heterocycles. The summed E-state index contributed by atoms with van der Waals surface area (Å²) in [4.78, 5) is 24.1. The average Bonchev–Trinajstić information content (AvgIpc) is 3.12. The molecule has 1 fully saturated rings. The monoisotopic (exact) mass is 407 g/mol. The number of amides is 1. The molecule has 0 radical (unpaired) electrons. The average molecular weight is 407 g/mol. The van der Waals surface area contributed by atoms with E-state index < -0.39 is 11.9 Å². The molecule has 9 nitrogen and oxygen atoms in total. The largest absolute Gasteiger partial charge is 0.433 e. The Hall–Kier alpha value is -3.28. The minimum absolute atomic E-state index is 0.00557. The van der Waals surface area contributed by atoms with Crippen molar-refractivity contribution in [2.24, 2.45) is 0 Å². The van der Waals surface area contributed by atoms with Gasteiger partial charge in [-0.05, 0) is 25.0 Å². The minimum Gasteiger partial charge on any atom is -0.381 e. The molecule has 29 heavy (non-hydrogen) atoms. The molecular formula is C17H16F3N7O2. The number of hydrogen-bond donors (Lipinski definition) is 2. The molecule has 0 aromatic carbocycles. The number of ether oxygens (including phenoxy) is 1. The second-order valence-electron chi connectivity index (χ2n) is 6.39. The molecule has 0 saturated carbocycles. The highest BCUT2D eigenvalue weighted by Gasteiger charge is 2.32. The second kappa shape index (κ2) is 7.62. The Balaban J connectivity index is 1.56. The lowest BCUT2D eigenvalue weighted by Gasteiger charge is -2.22. The van der Waals surface area contributed by atoms with Crippen LogP contribution in [-0.4, -0.2) is 49.7 Å². The van der Waals surface area contributed by atoms with Crippen molar-refractivity contribution in [2.45, 2.75) is 25.1 Å². The zero-order chi connectivity index (χ0) is 20.4. The van der Waals surface area contributed by atoms with Crippen LogP contribution < -0.4 is 10.6 Å². The molecule has 152 valence electrons. The Morgan fingerprint density at radius 2 is 2.00 bits per heavy atom. The van der Waals surface area contributed by atoms with Gasteiger partial charge in [0.05, 0.1) is 6.20 Å². The van der Waals surface area contributed by atoms with Crippen LogP contribution in [0.5, 0.6) is 0 Å². The Morgan fingerprint density at radius 1 is 1.21 bits per heavy atom. The SMILES string of the molecule is O=C(NC1CCOCC1)c1cnn2ccc(Nc3nccc(C(F)(F)F)n3)nc12. The number of hydrogen-bond acceptors (Lipinski definition) is 7. The van der Waals surface area contributed by atoms with Gasteiger partial charge in [-0.15, -0.1) is 0 Å². The number of nitrogens with one attached hydrogen (secondary N) is 2. The molecule has 3 aromatic rings. The zero-order valence-electron chi connectivity index (χ0n) is 15.0. The first kappa shape index (κ1) is 19.1. The third-order valence-electron chi connectivity index (χ3n) is 4.36. The van der Waals surface area contributed by atoms with E-state index in [2.05, 4.69) is 30.7 Å². The van der Waals surface area contributed by atoms with Crippen LogP contribution in [0.25, 0.3) is 5.65 Å². The molecule has 12 heteroatoms. The normalized spacial score (nSPS) is 15.4. The van der Waals surface area contributed by atoms with Crippen molar-refractivity contribution in [3.63, 3.8) is 0 Å². The topological polar surface area (TPSA) is 106 Å². The van der Waals surface area contributed by atoms with Gasteiger partial charge in [-0.3, -0.25) is 4.79 Å². The number of carbonyl (C=O) groups excluding carboxylic acids is 1. The summed E-state index contributed by atoms with van der Waals surface area (Å²) in [6.45, 7) is 1.17. The van der Waals surface area contributed by atoms with E-state index in [0.29, 0.717) is 13.2 Å². The number of halogens is 3. The molecule has 0 spiro atoms. The van der Waals surface area contributed by atoms with Gasteiger partial charge in [0, 0.05) is 31.6 Å². The van der Waals surface area contributed by atoms with Crippen molar-refractivity contribution in [1.29, 1.82) is 0 Å². The first-order valence-electron chi connectivity index (χ1n) is 8.80. The summed E-state index contributed by atoms with van der Waals surface area (Å²) in [5.41, 5.74) is -0.561. The first-order valence-corrected chi connectivity index (χ1v) is 8.80. The molecule has 3 aromatic heterocycles. The van der Waals surface area contributed by atoms with Crippen LogP contribution in [0.4, 0.5) is 24.9 Å². The Bertz CT molecular complexity index is 1030. The van der Waals surface area contributed by atoms with Crippen molar-refractivity contribution >= 4 is 23.3 Å². The fourth-order valence-electron chi connectivity index (χ4n) is 2.90. The highest BCUT2D eigenvalue weighted by Crippen LogP contribution is 2.28. The smallest absolute Gasteiger partial charge is 0.381 e. The van der Waals surface area contributed by atoms with Gasteiger partial charge in [0.2, 0.25) is 5.95 Å². The highest BCUT2D eigenvalue weighted by molar-refractivity contribution is 5.99. The van der Waals surface area contributed by atoms with Crippen LogP contribution in [0.15, 0.2) is 30.7 Å². The van der Waals surface area contributed by atoms with Gasteiger partial charge >= 0.3 is 6.18 Å². The second-order valence-corrected chi connectivity index (χ2v) is 6.39. The van der Waals surface area contributed by atoms with E-state index in [1.807, 2.05) is 0 Å². The van der Waals surface area contributed by atoms with E-state index in [0.717, 1.165) is 25.1 Å². The van der Waals surface area contributed by atoms with E-state index in [-0.39, 0.29) is 34.9 Å². The minimum atomic E-state index is -4.59. The maximum atomic E-state index is 12.8. The summed E-state index contributed by atoms with van der Waals surface area (Å²) >= 11 is 0. The number of rotatable bonds is 4. The van der Waals surface area contributed by atoms with Crippen LogP contribution in [0.2, 0.25) is 0 Å². The van der Waals surface area contributed by atoms with Crippen LogP contribution >= 0.6 is 0 Å². The number of alkyl halides is 3. The van der Waals surface area contributed by atoms with E-state index in [1.54, 1.807) is 0 Å². The molecule has 2 N–H and O–H groups in total. The van der Waals surface area contributed by atoms with Gasteiger partial charge in [0.1, 0.15) is 17.1 Å². The molecule has 0 unspecified atom stereocenters. The summed E-state index contributed by atoms with van der Waals surface area (Å²) in [6.07, 6.45) is 0.779. The molecule has 0 bridgehead atoms. The lowest BCUT2D eigenvalue weighted by atomic mass is 10.1. The Kier molecular flexibility index (Phi) is 5.01. The van der Waals surface area contributed by atoms with Crippen molar-refractivity contribution in [2.75, 3.05) is 18.5 Å². The number of anilines is 2. The lowest BCUT2D eigenvalue weighted by molar-refractivity contribution is -0.141. The van der Waals surface area contributed by atoms with Gasteiger partial charge in [0.25, 0.3) is 5.91 Å². The molecule has 1 saturated heterocycles. The lowest BCUT2D eigenvalue weighted by Crippen LogP contribution is -2.38. The van der Waals surface area contributed by atoms with Crippen molar-refractivity contribution in [1.82, 2.24) is 29.9 Å². The van der Waals surface area contributed by atoms with Crippen LogP contribution in [0.3, 0.4) is 0 Å². The third-order valence-corrected chi connectivity index (χ3v) is 4.36. The highest BCUT2D eigenvalue weighted by atomic mass is 19.4. The summed E-state index contributed by atoms with van der Waals surface area (Å²) in [7, 11) is 0. The summed E-state index contributed by atoms with van der Waals surface area (Å²) < 4.78 is 45.1. The predicted octanol–water partition coefficient (Wildman–Crippen LogP) is 2.19. The molecule has 0 atom stereocenters. The number of aromatic nitrogens is 5. The van der Waals surface area contributed by atoms with E-state index in [4.69, 9.17) is 4.74 Å². The van der Waals surface area contributed by atoms with Crippen molar-refractivity contribution in [3.05, 3.63) is 42.0 Å². The van der Waals surface area contributed by atoms with Crippen molar-refractivity contribution < 1.29 is 22.7 Å². The van der Waals surface area contributed by atoms with Crippen LogP contribution in [0.1, 0.15) is 28.9 Å². The predicted molar refractivity (Wildman–Crippen MR) is 94.6 cm³/mol. The molecule has 4 rings (SSSR count). The maximum absolute atomic E-state index is 12.8. The fourth-order valence-corrected chi connectivity index (χ4v) is 2.90. The third kappa shape index (κ3) is 4.26. The van der Waals surface area contributed by atoms with Crippen molar-refractivity contribution in [3.8, 4) is 0 Å². The van der Waals surface area contributed by atoms with Gasteiger partial charge in [0.15, 0.2) is 5.65 Å². The first-order chi connectivity index (χ1) is 13.9. The van der Waals surface area contributed by atoms with Gasteiger partial charge in [-0.25, -0.2) is 19.5 Å². The van der Waals surface area contributed by atoms with E-state index in [9.17, 15) is 18.0 Å². The Morgan fingerprint density at radius 3 is 2.76 bits per heavy atom. The quantitative estimate of drug-likeness (QED) is 0.683. The molecule has 0 aliphatic carbocycles. The number of nitrogens with zero attached hydrogens (tertiary/aromatic N) is 5. The number of carbonyl (C=O) groups is 1. The molecular weight excluding hydrogens is 391 g/mol.